The zero-order valence-electron chi connectivity index (χ0n) is 17.0. The molecule has 0 radical (unpaired) electrons. The first kappa shape index (κ1) is 21.3. The lowest BCUT2D eigenvalue weighted by Crippen LogP contribution is -2.42. The van der Waals surface area contributed by atoms with Gasteiger partial charge in [0.25, 0.3) is 0 Å². The Hall–Kier alpha value is -3.45. The summed E-state index contributed by atoms with van der Waals surface area (Å²) in [4.78, 5) is 36.5. The topological polar surface area (TPSA) is 87.7 Å². The molecule has 2 atom stereocenters. The second-order valence-corrected chi connectivity index (χ2v) is 7.11. The first-order valence-electron chi connectivity index (χ1n) is 9.69. The predicted octanol–water partition coefficient (Wildman–Crippen LogP) is 3.00. The van der Waals surface area contributed by atoms with E-state index in [2.05, 4.69) is 10.6 Å². The monoisotopic (exact) mass is 407 g/mol. The van der Waals surface area contributed by atoms with E-state index in [1.807, 2.05) is 60.7 Å². The van der Waals surface area contributed by atoms with Crippen molar-refractivity contribution in [2.75, 3.05) is 24.3 Å². The maximum absolute atomic E-state index is 12.7. The molecule has 1 aliphatic rings. The minimum absolute atomic E-state index is 0.125. The number of amides is 3. The van der Waals surface area contributed by atoms with Crippen molar-refractivity contribution >= 4 is 41.8 Å². The van der Waals surface area contributed by atoms with E-state index < -0.39 is 6.04 Å². The highest BCUT2D eigenvalue weighted by molar-refractivity contribution is 5.97. The molecule has 0 spiro atoms. The third-order valence-corrected chi connectivity index (χ3v) is 5.09. The molecule has 1 heterocycles. The molecule has 7 heteroatoms. The van der Waals surface area contributed by atoms with Gasteiger partial charge in [-0.25, -0.2) is 0 Å². The van der Waals surface area contributed by atoms with Gasteiger partial charge in [0.1, 0.15) is 6.04 Å². The van der Waals surface area contributed by atoms with Crippen LogP contribution in [-0.4, -0.2) is 48.9 Å². The van der Waals surface area contributed by atoms with Crippen LogP contribution in [-0.2, 0) is 19.1 Å². The third kappa shape index (κ3) is 5.33. The van der Waals surface area contributed by atoms with E-state index in [1.54, 1.807) is 12.0 Å². The minimum Gasteiger partial charge on any atom is -0.380 e. The van der Waals surface area contributed by atoms with Gasteiger partial charge in [-0.05, 0) is 35.4 Å². The van der Waals surface area contributed by atoms with E-state index in [0.717, 1.165) is 16.8 Å². The van der Waals surface area contributed by atoms with Gasteiger partial charge in [-0.2, -0.15) is 0 Å². The molecule has 156 valence electrons. The number of methoxy groups -OCH3 is 1. The predicted molar refractivity (Wildman–Crippen MR) is 117 cm³/mol. The fourth-order valence-electron chi connectivity index (χ4n) is 3.42. The van der Waals surface area contributed by atoms with Gasteiger partial charge in [0.15, 0.2) is 0 Å². The molecule has 0 unspecified atom stereocenters. The molecular weight excluding hydrogens is 382 g/mol. The van der Waals surface area contributed by atoms with Crippen LogP contribution >= 0.6 is 0 Å². The molecule has 1 saturated heterocycles. The van der Waals surface area contributed by atoms with Crippen molar-refractivity contribution in [2.24, 2.45) is 0 Å². The number of carbonyl (C=O) groups is 3. The van der Waals surface area contributed by atoms with Crippen molar-refractivity contribution in [3.05, 3.63) is 59.7 Å². The molecule has 30 heavy (non-hydrogen) atoms. The Balaban J connectivity index is 1.60. The molecule has 3 amide bonds. The molecule has 0 aliphatic carbocycles. The summed E-state index contributed by atoms with van der Waals surface area (Å²) < 4.78 is 5.32. The van der Waals surface area contributed by atoms with Gasteiger partial charge >= 0.3 is 0 Å². The van der Waals surface area contributed by atoms with Gasteiger partial charge in [0, 0.05) is 38.4 Å². The molecule has 0 aromatic heterocycles. The van der Waals surface area contributed by atoms with Gasteiger partial charge in [-0.3, -0.25) is 14.4 Å². The molecule has 2 aromatic carbocycles. The van der Waals surface area contributed by atoms with Crippen molar-refractivity contribution in [3.8, 4) is 0 Å². The van der Waals surface area contributed by atoms with Crippen LogP contribution in [0.2, 0.25) is 0 Å². The molecule has 3 rings (SSSR count). The zero-order valence-corrected chi connectivity index (χ0v) is 17.0. The second-order valence-electron chi connectivity index (χ2n) is 7.11. The average Bonchev–Trinajstić information content (AvgIpc) is 3.20. The van der Waals surface area contributed by atoms with Gasteiger partial charge < -0.3 is 20.3 Å². The number of rotatable bonds is 7. The standard InChI is InChI=1S/C23H25N3O4/c1-16(28)26-14-21(30-2)13-22(26)23(29)25-20-11-7-18(8-12-20)4-3-17-5-9-19(10-6-17)24-15-27/h3-12,15,21-22H,13-14H2,1-2H3,(H,24,27)(H,25,29)/b4-3+/t21-,22+/m1/s1. The summed E-state index contributed by atoms with van der Waals surface area (Å²) in [6, 6.07) is 14.4. The lowest BCUT2D eigenvalue weighted by atomic mass is 10.1. The van der Waals surface area contributed by atoms with Crippen LogP contribution in [0.3, 0.4) is 0 Å². The normalized spacial score (nSPS) is 18.4. The van der Waals surface area contributed by atoms with E-state index in [0.29, 0.717) is 25.1 Å². The van der Waals surface area contributed by atoms with Crippen LogP contribution in [0.25, 0.3) is 12.2 Å². The molecule has 0 bridgehead atoms. The summed E-state index contributed by atoms with van der Waals surface area (Å²) in [5.41, 5.74) is 3.39. The smallest absolute Gasteiger partial charge is 0.247 e. The number of benzene rings is 2. The Kier molecular flexibility index (Phi) is 6.98. The fraction of sp³-hybridized carbons (Fsp3) is 0.261. The van der Waals surface area contributed by atoms with Gasteiger partial charge in [-0.15, -0.1) is 0 Å². The number of likely N-dealkylation sites (tertiary alicyclic amines) is 1. The van der Waals surface area contributed by atoms with Crippen molar-refractivity contribution in [1.29, 1.82) is 0 Å². The van der Waals surface area contributed by atoms with E-state index in [-0.39, 0.29) is 17.9 Å². The van der Waals surface area contributed by atoms with Crippen molar-refractivity contribution in [1.82, 2.24) is 4.90 Å². The van der Waals surface area contributed by atoms with Crippen LogP contribution < -0.4 is 10.6 Å². The van der Waals surface area contributed by atoms with Gasteiger partial charge in [-0.1, -0.05) is 36.4 Å². The van der Waals surface area contributed by atoms with Gasteiger partial charge in [0.05, 0.1) is 6.10 Å². The summed E-state index contributed by atoms with van der Waals surface area (Å²) in [6.45, 7) is 1.89. The summed E-state index contributed by atoms with van der Waals surface area (Å²) >= 11 is 0. The number of hydrogen-bond donors (Lipinski definition) is 2. The Morgan fingerprint density at radius 3 is 2.07 bits per heavy atom. The number of carbonyl (C=O) groups excluding carboxylic acids is 3. The molecule has 2 N–H and O–H groups in total. The summed E-state index contributed by atoms with van der Waals surface area (Å²) in [5, 5.41) is 5.48. The van der Waals surface area contributed by atoms with Crippen LogP contribution in [0.15, 0.2) is 48.5 Å². The summed E-state index contributed by atoms with van der Waals surface area (Å²) in [6.07, 6.45) is 4.94. The second kappa shape index (κ2) is 9.84. The Labute approximate surface area is 175 Å². The van der Waals surface area contributed by atoms with E-state index in [1.165, 1.54) is 6.92 Å². The van der Waals surface area contributed by atoms with E-state index >= 15 is 0 Å². The summed E-state index contributed by atoms with van der Waals surface area (Å²) in [5.74, 6) is -0.345. The highest BCUT2D eigenvalue weighted by Crippen LogP contribution is 2.22. The number of hydrogen-bond acceptors (Lipinski definition) is 4. The molecule has 1 aliphatic heterocycles. The first-order valence-corrected chi connectivity index (χ1v) is 9.69. The Bertz CT molecular complexity index is 922. The van der Waals surface area contributed by atoms with Crippen LogP contribution in [0, 0.1) is 0 Å². The van der Waals surface area contributed by atoms with Gasteiger partial charge in [0.2, 0.25) is 18.2 Å². The van der Waals surface area contributed by atoms with Crippen LogP contribution in [0.5, 0.6) is 0 Å². The fourth-order valence-corrected chi connectivity index (χ4v) is 3.42. The maximum Gasteiger partial charge on any atom is 0.247 e. The summed E-state index contributed by atoms with van der Waals surface area (Å²) in [7, 11) is 1.59. The average molecular weight is 407 g/mol. The van der Waals surface area contributed by atoms with E-state index in [9.17, 15) is 14.4 Å². The highest BCUT2D eigenvalue weighted by Gasteiger charge is 2.38. The lowest BCUT2D eigenvalue weighted by Gasteiger charge is -2.22. The quantitative estimate of drug-likeness (QED) is 0.546. The third-order valence-electron chi connectivity index (χ3n) is 5.09. The molecule has 0 saturated carbocycles. The number of nitrogens with zero attached hydrogens (tertiary/aromatic N) is 1. The van der Waals surface area contributed by atoms with Crippen LogP contribution in [0.4, 0.5) is 11.4 Å². The SMILES string of the molecule is CO[C@@H]1C[C@@H](C(=O)Nc2ccc(/C=C/c3ccc(NC=O)cc3)cc2)N(C(C)=O)C1. The maximum atomic E-state index is 12.7. The van der Waals surface area contributed by atoms with Crippen LogP contribution in [0.1, 0.15) is 24.5 Å². The molecule has 1 fully saturated rings. The first-order chi connectivity index (χ1) is 14.5. The zero-order chi connectivity index (χ0) is 21.5. The molecule has 2 aromatic rings. The minimum atomic E-state index is -0.524. The Morgan fingerprint density at radius 1 is 1.00 bits per heavy atom. The van der Waals surface area contributed by atoms with Crippen molar-refractivity contribution in [2.45, 2.75) is 25.5 Å². The van der Waals surface area contributed by atoms with Crippen molar-refractivity contribution < 1.29 is 19.1 Å². The molecular formula is C23H25N3O4. The van der Waals surface area contributed by atoms with E-state index in [4.69, 9.17) is 4.74 Å². The number of anilines is 2. The largest absolute Gasteiger partial charge is 0.380 e. The molecule has 7 nitrogen and oxygen atoms in total. The lowest BCUT2D eigenvalue weighted by molar-refractivity contribution is -0.134. The number of nitrogens with one attached hydrogen (secondary N) is 2. The number of ether oxygens (including phenoxy) is 1. The Morgan fingerprint density at radius 2 is 1.57 bits per heavy atom. The van der Waals surface area contributed by atoms with Crippen molar-refractivity contribution in [3.63, 3.8) is 0 Å². The highest BCUT2D eigenvalue weighted by atomic mass is 16.5.